The van der Waals surface area contributed by atoms with Crippen LogP contribution in [0.1, 0.15) is 105 Å². The second kappa shape index (κ2) is 20.1. The molecule has 0 radical (unpaired) electrons. The number of rotatable bonds is 13. The Morgan fingerprint density at radius 1 is 0.985 bits per heavy atom. The van der Waals surface area contributed by atoms with E-state index in [9.17, 15) is 17.6 Å². The highest BCUT2D eigenvalue weighted by atomic mass is 32.3. The minimum atomic E-state index is -4.38. The Morgan fingerprint density at radius 3 is 2.49 bits per heavy atom. The van der Waals surface area contributed by atoms with Crippen LogP contribution >= 0.6 is 11.3 Å². The van der Waals surface area contributed by atoms with Crippen molar-refractivity contribution in [2.24, 2.45) is 46.3 Å². The van der Waals surface area contributed by atoms with Crippen LogP contribution in [0.15, 0.2) is 84.2 Å². The van der Waals surface area contributed by atoms with Gasteiger partial charge in [-0.1, -0.05) is 83.7 Å². The number of anilines is 3. The Labute approximate surface area is 399 Å². The minimum absolute atomic E-state index is 0.0109. The van der Waals surface area contributed by atoms with Gasteiger partial charge < -0.3 is 21.5 Å². The molecule has 3 saturated carbocycles. The molecule has 3 fully saturated rings. The van der Waals surface area contributed by atoms with Gasteiger partial charge in [0, 0.05) is 50.5 Å². The van der Waals surface area contributed by atoms with E-state index in [2.05, 4.69) is 61.4 Å². The number of carbonyl (C=O) groups excluding carboxylic acids is 1. The number of carbonyl (C=O) groups is 1. The first kappa shape index (κ1) is 48.8. The topological polar surface area (TPSA) is 182 Å². The molecular weight excluding hydrogens is 888 g/mol. The number of amides is 2. The van der Waals surface area contributed by atoms with E-state index in [1.807, 2.05) is 23.7 Å². The number of nitrogens with two attached hydrogens (primary N) is 1. The number of allylic oxidation sites excluding steroid dienone is 1. The third kappa shape index (κ3) is 10.7. The lowest BCUT2D eigenvalue weighted by Crippen LogP contribution is -2.51. The number of nitrogen functional groups attached to an aromatic ring is 1. The van der Waals surface area contributed by atoms with Crippen LogP contribution in [0.5, 0.6) is 0 Å². The number of hydrogen-bond acceptors (Lipinski definition) is 9. The van der Waals surface area contributed by atoms with Gasteiger partial charge in [0.15, 0.2) is 0 Å². The highest BCUT2D eigenvalue weighted by Gasteiger charge is 2.59. The van der Waals surface area contributed by atoms with E-state index in [4.69, 9.17) is 19.6 Å². The van der Waals surface area contributed by atoms with Crippen molar-refractivity contribution in [1.82, 2.24) is 14.8 Å². The van der Waals surface area contributed by atoms with Crippen LogP contribution in [0.3, 0.4) is 0 Å². The highest BCUT2D eigenvalue weighted by molar-refractivity contribution is 7.80. The molecule has 0 unspecified atom stereocenters. The molecule has 360 valence electrons. The molecule has 4 aliphatic rings. The van der Waals surface area contributed by atoms with Crippen molar-refractivity contribution in [2.45, 2.75) is 118 Å². The summed E-state index contributed by atoms with van der Waals surface area (Å²) in [5.74, 6) is 4.84. The maximum atomic E-state index is 13.3. The van der Waals surface area contributed by atoms with Gasteiger partial charge in [-0.15, -0.1) is 11.3 Å². The van der Waals surface area contributed by atoms with Gasteiger partial charge in [0.05, 0.1) is 25.5 Å². The summed E-state index contributed by atoms with van der Waals surface area (Å²) in [7, 11) is -4.38. The number of benzene rings is 2. The van der Waals surface area contributed by atoms with E-state index >= 15 is 0 Å². The smallest absolute Gasteiger partial charge is 0.394 e. The first-order chi connectivity index (χ1) is 32.0. The molecular formula is C52H67FN6O6S2. The third-order valence-corrected chi connectivity index (χ3v) is 17.5. The van der Waals surface area contributed by atoms with Crippen molar-refractivity contribution in [2.75, 3.05) is 23.0 Å². The van der Waals surface area contributed by atoms with Crippen molar-refractivity contribution in [3.8, 4) is 22.3 Å². The number of hydrogen-bond donors (Lipinski definition) is 5. The van der Waals surface area contributed by atoms with Gasteiger partial charge in [-0.05, 0) is 139 Å². The minimum Gasteiger partial charge on any atom is -0.394 e. The van der Waals surface area contributed by atoms with E-state index in [1.165, 1.54) is 68.7 Å². The average Bonchev–Trinajstić information content (AvgIpc) is 4.02. The Kier molecular flexibility index (Phi) is 14.6. The second-order valence-electron chi connectivity index (χ2n) is 20.5. The van der Waals surface area contributed by atoms with Gasteiger partial charge in [0.25, 0.3) is 0 Å². The average molecular weight is 955 g/mol. The molecule has 2 aromatic carbocycles. The predicted octanol–water partition coefficient (Wildman–Crippen LogP) is 12.4. The maximum Gasteiger partial charge on any atom is 0.397 e. The summed E-state index contributed by atoms with van der Waals surface area (Å²) in [6, 6.07) is 12.6. The predicted molar refractivity (Wildman–Crippen MR) is 266 cm³/mol. The van der Waals surface area contributed by atoms with E-state index in [0.717, 1.165) is 74.8 Å². The summed E-state index contributed by atoms with van der Waals surface area (Å²) in [5.41, 5.74) is 13.0. The fourth-order valence-corrected chi connectivity index (χ4v) is 14.3. The van der Waals surface area contributed by atoms with E-state index in [0.29, 0.717) is 47.9 Å². The molecule has 2 amide bonds. The zero-order chi connectivity index (χ0) is 47.7. The van der Waals surface area contributed by atoms with Crippen LogP contribution in [-0.4, -0.2) is 51.6 Å². The zero-order valence-corrected chi connectivity index (χ0v) is 41.0. The SMILES string of the molecule is CC(C)CCC[C@@H](C)[C@H]1CC[C@H]2[C@@H]3CC=C4C[C@@H](OS(=O)(=O)O)CC[C@]4(C)[C@H]3CC[C@]12C.Nc1ncc(-c2cnn(CCO)c2)c2scc(-c3ccc(NC(=O)Nc4cccc(F)c4)cc3)c12. The monoisotopic (exact) mass is 954 g/mol. The normalized spacial score (nSPS) is 26.2. The number of halogens is 1. The lowest BCUT2D eigenvalue weighted by molar-refractivity contribution is -0.0560. The van der Waals surface area contributed by atoms with Crippen molar-refractivity contribution in [1.29, 1.82) is 0 Å². The Morgan fingerprint density at radius 2 is 1.76 bits per heavy atom. The van der Waals surface area contributed by atoms with Gasteiger partial charge >= 0.3 is 16.4 Å². The van der Waals surface area contributed by atoms with Gasteiger partial charge in [0.1, 0.15) is 11.6 Å². The maximum absolute atomic E-state index is 13.3. The summed E-state index contributed by atoms with van der Waals surface area (Å²) < 4.78 is 52.5. The summed E-state index contributed by atoms with van der Waals surface area (Å²) in [6.45, 7) is 12.7. The summed E-state index contributed by atoms with van der Waals surface area (Å²) in [4.78, 5) is 16.7. The standard InChI is InChI=1S/C27H46O4S.C25H21FN6O2S/c1-18(2)7-6-8-19(3)23-11-12-24-22-10-9-20-17-21(31-32(28,29)30)13-15-26(20,4)25(22)14-16-27(23,24)5;26-17-2-1-3-19(10-17)31-25(34)30-18-6-4-15(5-7-18)21-14-35-23-20(12-28-24(27)22(21)23)16-11-29-32(13-16)8-9-33/h9,18-19,21-25H,6-8,10-17H2,1-5H3,(H,28,29,30);1-7,10-14,33H,8-9H2,(H2,27,28)(H2,30,31,34)/t19-,21+,22+,23-,24+,25+,26+,27-;/m1./s1. The van der Waals surface area contributed by atoms with Crippen molar-refractivity contribution in [3.05, 3.63) is 90.0 Å². The molecule has 8 atom stereocenters. The van der Waals surface area contributed by atoms with Gasteiger partial charge in [0.2, 0.25) is 0 Å². The zero-order valence-electron chi connectivity index (χ0n) is 39.4. The number of nitrogens with one attached hydrogen (secondary N) is 2. The first-order valence-electron chi connectivity index (χ1n) is 24.0. The van der Waals surface area contributed by atoms with Gasteiger partial charge in [-0.25, -0.2) is 18.4 Å². The molecule has 67 heavy (non-hydrogen) atoms. The molecule has 3 heterocycles. The number of fused-ring (bicyclic) bond motifs is 6. The number of aromatic nitrogens is 3. The molecule has 5 aromatic rings. The molecule has 4 aliphatic carbocycles. The Bertz CT molecular complexity index is 2690. The molecule has 0 saturated heterocycles. The second-order valence-corrected chi connectivity index (χ2v) is 22.4. The van der Waals surface area contributed by atoms with Crippen LogP contribution in [0.2, 0.25) is 0 Å². The lowest BCUT2D eigenvalue weighted by atomic mass is 9.47. The largest absolute Gasteiger partial charge is 0.397 e. The quantitative estimate of drug-likeness (QED) is 0.0566. The number of aliphatic hydroxyl groups is 1. The van der Waals surface area contributed by atoms with E-state index < -0.39 is 28.4 Å². The van der Waals surface area contributed by atoms with Crippen LogP contribution in [0, 0.1) is 52.2 Å². The summed E-state index contributed by atoms with van der Waals surface area (Å²) >= 11 is 1.57. The van der Waals surface area contributed by atoms with Crippen molar-refractivity contribution in [3.63, 3.8) is 0 Å². The van der Waals surface area contributed by atoms with Crippen LogP contribution in [0.25, 0.3) is 32.3 Å². The van der Waals surface area contributed by atoms with Crippen LogP contribution < -0.4 is 16.4 Å². The number of thiophene rings is 1. The third-order valence-electron chi connectivity index (χ3n) is 16.0. The summed E-state index contributed by atoms with van der Waals surface area (Å²) in [6.07, 6.45) is 20.4. The highest BCUT2D eigenvalue weighted by Crippen LogP contribution is 2.67. The molecule has 0 bridgehead atoms. The number of urea groups is 1. The fourth-order valence-electron chi connectivity index (χ4n) is 12.7. The molecule has 0 spiro atoms. The van der Waals surface area contributed by atoms with Crippen LogP contribution in [-0.2, 0) is 21.1 Å². The summed E-state index contributed by atoms with van der Waals surface area (Å²) in [5, 5.41) is 21.7. The number of aliphatic hydroxyl groups excluding tert-OH is 1. The molecule has 6 N–H and O–H groups in total. The van der Waals surface area contributed by atoms with E-state index in [-0.39, 0.29) is 12.0 Å². The Hall–Kier alpha value is -4.67. The number of pyridine rings is 1. The van der Waals surface area contributed by atoms with Crippen LogP contribution in [0.4, 0.5) is 26.4 Å². The lowest BCUT2D eigenvalue weighted by Gasteiger charge is -2.58. The van der Waals surface area contributed by atoms with Crippen molar-refractivity contribution < 1.29 is 31.4 Å². The first-order valence-corrected chi connectivity index (χ1v) is 26.3. The van der Waals surface area contributed by atoms with Gasteiger partial charge in [-0.2, -0.15) is 13.5 Å². The molecule has 9 rings (SSSR count). The molecule has 0 aliphatic heterocycles. The molecule has 15 heteroatoms. The van der Waals surface area contributed by atoms with Crippen molar-refractivity contribution >= 4 is 55.0 Å². The fraction of sp³-hybridized carbons (Fsp3) is 0.519. The van der Waals surface area contributed by atoms with E-state index in [1.54, 1.807) is 46.6 Å². The molecule has 3 aromatic heterocycles. The molecule has 12 nitrogen and oxygen atoms in total. The Balaban J connectivity index is 0.000000182. The number of nitrogens with zero attached hydrogens (tertiary/aromatic N) is 3. The van der Waals surface area contributed by atoms with Gasteiger partial charge in [-0.3, -0.25) is 9.23 Å².